The number of esters is 1. The van der Waals surface area contributed by atoms with Gasteiger partial charge in [0, 0.05) is 5.69 Å². The van der Waals surface area contributed by atoms with Crippen molar-refractivity contribution in [2.75, 3.05) is 6.61 Å². The van der Waals surface area contributed by atoms with Crippen LogP contribution in [0, 0.1) is 11.3 Å². The molecule has 3 N–H and O–H groups in total. The first-order chi connectivity index (χ1) is 9.87. The number of hydrogen-bond acceptors (Lipinski definition) is 6. The van der Waals surface area contributed by atoms with E-state index < -0.39 is 11.4 Å². The van der Waals surface area contributed by atoms with Gasteiger partial charge in [0.2, 0.25) is 11.8 Å². The van der Waals surface area contributed by atoms with Crippen LogP contribution in [0.1, 0.15) is 44.9 Å². The molecular formula is C14H18N4O3. The summed E-state index contributed by atoms with van der Waals surface area (Å²) < 4.78 is 10.5. The summed E-state index contributed by atoms with van der Waals surface area (Å²) in [7, 11) is 0. The molecule has 112 valence electrons. The average molecular weight is 290 g/mol. The standard InChI is InChI=1S/C14H18N4O3/c1-5-20-13(19)14(4)8(6-15)11(16)21-12-9(14)10(7(2)3)17-18-12/h7H,5,16H2,1-4H3,(H,17,18). The Labute approximate surface area is 122 Å². The molecule has 0 radical (unpaired) electrons. The summed E-state index contributed by atoms with van der Waals surface area (Å²) in [4.78, 5) is 12.5. The number of H-pyrrole nitrogens is 1. The molecule has 0 spiro atoms. The van der Waals surface area contributed by atoms with Gasteiger partial charge in [0.1, 0.15) is 17.1 Å². The minimum atomic E-state index is -1.32. The number of hydrogen-bond donors (Lipinski definition) is 2. The lowest BCUT2D eigenvalue weighted by molar-refractivity contribution is -0.148. The van der Waals surface area contributed by atoms with Crippen LogP contribution in [-0.2, 0) is 14.9 Å². The minimum absolute atomic E-state index is 0.0387. The quantitative estimate of drug-likeness (QED) is 0.814. The number of rotatable bonds is 3. The van der Waals surface area contributed by atoms with E-state index in [0.717, 1.165) is 5.69 Å². The second kappa shape index (κ2) is 5.13. The predicted molar refractivity (Wildman–Crippen MR) is 74.1 cm³/mol. The zero-order valence-electron chi connectivity index (χ0n) is 12.5. The Bertz CT molecular complexity index is 654. The van der Waals surface area contributed by atoms with E-state index in [-0.39, 0.29) is 29.9 Å². The largest absolute Gasteiger partial charge is 0.465 e. The summed E-state index contributed by atoms with van der Waals surface area (Å²) in [6.45, 7) is 7.43. The summed E-state index contributed by atoms with van der Waals surface area (Å²) in [6, 6.07) is 1.97. The summed E-state index contributed by atoms with van der Waals surface area (Å²) in [5.41, 5.74) is 5.73. The average Bonchev–Trinajstić information content (AvgIpc) is 2.83. The Morgan fingerprint density at radius 1 is 1.62 bits per heavy atom. The molecule has 0 bridgehead atoms. The number of nitriles is 1. The van der Waals surface area contributed by atoms with E-state index in [1.165, 1.54) is 0 Å². The third kappa shape index (κ3) is 2.03. The first-order valence-electron chi connectivity index (χ1n) is 6.72. The summed E-state index contributed by atoms with van der Waals surface area (Å²) in [5, 5.41) is 16.3. The Balaban J connectivity index is 2.73. The fraction of sp³-hybridized carbons (Fsp3) is 0.500. The van der Waals surface area contributed by atoms with Gasteiger partial charge in [-0.2, -0.15) is 5.26 Å². The highest BCUT2D eigenvalue weighted by molar-refractivity contribution is 5.90. The molecular weight excluding hydrogens is 272 g/mol. The Morgan fingerprint density at radius 2 is 2.29 bits per heavy atom. The maximum absolute atomic E-state index is 12.5. The molecule has 2 heterocycles. The van der Waals surface area contributed by atoms with E-state index in [1.54, 1.807) is 13.8 Å². The van der Waals surface area contributed by atoms with Gasteiger partial charge in [0.05, 0.1) is 12.2 Å². The van der Waals surface area contributed by atoms with Crippen LogP contribution in [0.15, 0.2) is 11.5 Å². The molecule has 1 unspecified atom stereocenters. The molecule has 0 fully saturated rings. The van der Waals surface area contributed by atoms with Gasteiger partial charge in [-0.1, -0.05) is 13.8 Å². The molecule has 0 aliphatic carbocycles. The molecule has 21 heavy (non-hydrogen) atoms. The molecule has 0 saturated carbocycles. The number of carbonyl (C=O) groups is 1. The maximum atomic E-state index is 12.5. The summed E-state index contributed by atoms with van der Waals surface area (Å²) in [6.07, 6.45) is 0. The van der Waals surface area contributed by atoms with Crippen LogP contribution in [0.5, 0.6) is 5.88 Å². The van der Waals surface area contributed by atoms with E-state index in [4.69, 9.17) is 15.2 Å². The van der Waals surface area contributed by atoms with E-state index in [1.807, 2.05) is 19.9 Å². The predicted octanol–water partition coefficient (Wildman–Crippen LogP) is 1.44. The second-order valence-electron chi connectivity index (χ2n) is 5.27. The van der Waals surface area contributed by atoms with Crippen molar-refractivity contribution in [2.24, 2.45) is 5.73 Å². The van der Waals surface area contributed by atoms with Crippen LogP contribution in [0.25, 0.3) is 0 Å². The summed E-state index contributed by atoms with van der Waals surface area (Å²) in [5.74, 6) is -0.386. The number of nitrogens with one attached hydrogen (secondary N) is 1. The minimum Gasteiger partial charge on any atom is -0.465 e. The van der Waals surface area contributed by atoms with Gasteiger partial charge in [0.15, 0.2) is 0 Å². The number of fused-ring (bicyclic) bond motifs is 1. The van der Waals surface area contributed by atoms with Crippen LogP contribution < -0.4 is 10.5 Å². The monoisotopic (exact) mass is 290 g/mol. The molecule has 7 heteroatoms. The van der Waals surface area contributed by atoms with Crippen molar-refractivity contribution in [3.05, 3.63) is 22.7 Å². The van der Waals surface area contributed by atoms with Gasteiger partial charge < -0.3 is 15.2 Å². The van der Waals surface area contributed by atoms with Crippen molar-refractivity contribution in [3.8, 4) is 11.9 Å². The molecule has 1 aromatic rings. The fourth-order valence-electron chi connectivity index (χ4n) is 2.49. The van der Waals surface area contributed by atoms with Crippen LogP contribution in [0.3, 0.4) is 0 Å². The zero-order chi connectivity index (χ0) is 15.8. The maximum Gasteiger partial charge on any atom is 0.322 e. The van der Waals surface area contributed by atoms with Gasteiger partial charge >= 0.3 is 5.97 Å². The molecule has 2 rings (SSSR count). The molecule has 0 aromatic carbocycles. The Kier molecular flexibility index (Phi) is 3.64. The van der Waals surface area contributed by atoms with Gasteiger partial charge in [-0.3, -0.25) is 9.89 Å². The highest BCUT2D eigenvalue weighted by Gasteiger charge is 2.51. The molecule has 0 saturated heterocycles. The Hall–Kier alpha value is -2.49. The van der Waals surface area contributed by atoms with Crippen LogP contribution in [-0.4, -0.2) is 22.8 Å². The van der Waals surface area contributed by atoms with Crippen molar-refractivity contribution in [3.63, 3.8) is 0 Å². The molecule has 1 aliphatic heterocycles. The van der Waals surface area contributed by atoms with Gasteiger partial charge in [-0.05, 0) is 19.8 Å². The van der Waals surface area contributed by atoms with Crippen molar-refractivity contribution < 1.29 is 14.3 Å². The van der Waals surface area contributed by atoms with Crippen molar-refractivity contribution >= 4 is 5.97 Å². The third-order valence-corrected chi connectivity index (χ3v) is 3.59. The second-order valence-corrected chi connectivity index (χ2v) is 5.27. The van der Waals surface area contributed by atoms with Crippen LogP contribution >= 0.6 is 0 Å². The topological polar surface area (TPSA) is 114 Å². The lowest BCUT2D eigenvalue weighted by Crippen LogP contribution is -2.41. The van der Waals surface area contributed by atoms with E-state index >= 15 is 0 Å². The zero-order valence-corrected chi connectivity index (χ0v) is 12.5. The van der Waals surface area contributed by atoms with E-state index in [2.05, 4.69) is 10.2 Å². The normalized spacial score (nSPS) is 20.8. The highest BCUT2D eigenvalue weighted by atomic mass is 16.5. The smallest absolute Gasteiger partial charge is 0.322 e. The number of aromatic amines is 1. The van der Waals surface area contributed by atoms with Gasteiger partial charge in [-0.25, -0.2) is 0 Å². The Morgan fingerprint density at radius 3 is 2.81 bits per heavy atom. The lowest BCUT2D eigenvalue weighted by Gasteiger charge is -2.31. The SMILES string of the molecule is CCOC(=O)C1(C)C(C#N)=C(N)Oc2n[nH]c(C(C)C)c21. The number of carbonyl (C=O) groups excluding carboxylic acids is 1. The molecule has 0 amide bonds. The molecule has 7 nitrogen and oxygen atoms in total. The molecule has 1 atom stereocenters. The number of ether oxygens (including phenoxy) is 2. The molecule has 1 aromatic heterocycles. The van der Waals surface area contributed by atoms with Gasteiger partial charge in [-0.15, -0.1) is 5.10 Å². The van der Waals surface area contributed by atoms with Gasteiger partial charge in [0.25, 0.3) is 0 Å². The molecule has 1 aliphatic rings. The number of aromatic nitrogens is 2. The van der Waals surface area contributed by atoms with Crippen LogP contribution in [0.4, 0.5) is 0 Å². The first-order valence-corrected chi connectivity index (χ1v) is 6.72. The van der Waals surface area contributed by atoms with E-state index in [9.17, 15) is 10.1 Å². The van der Waals surface area contributed by atoms with Crippen molar-refractivity contribution in [1.82, 2.24) is 10.2 Å². The number of nitrogens with two attached hydrogens (primary N) is 1. The van der Waals surface area contributed by atoms with Crippen molar-refractivity contribution in [2.45, 2.75) is 39.0 Å². The first kappa shape index (κ1) is 14.9. The van der Waals surface area contributed by atoms with Crippen molar-refractivity contribution in [1.29, 1.82) is 5.26 Å². The van der Waals surface area contributed by atoms with Crippen LogP contribution in [0.2, 0.25) is 0 Å². The highest BCUT2D eigenvalue weighted by Crippen LogP contribution is 2.45. The number of nitrogens with zero attached hydrogens (tertiary/aromatic N) is 2. The third-order valence-electron chi connectivity index (χ3n) is 3.59. The summed E-state index contributed by atoms with van der Waals surface area (Å²) >= 11 is 0. The lowest BCUT2D eigenvalue weighted by atomic mass is 9.74. The van der Waals surface area contributed by atoms with E-state index in [0.29, 0.717) is 5.56 Å². The fourth-order valence-corrected chi connectivity index (χ4v) is 2.49.